The van der Waals surface area contributed by atoms with E-state index in [2.05, 4.69) is 78.9 Å². The molecule has 0 saturated carbocycles. The van der Waals surface area contributed by atoms with Crippen molar-refractivity contribution in [1.29, 1.82) is 0 Å². The fourth-order valence-electron chi connectivity index (χ4n) is 4.74. The third-order valence-electron chi connectivity index (χ3n) is 7.89. The summed E-state index contributed by atoms with van der Waals surface area (Å²) in [5.41, 5.74) is -0.730. The lowest BCUT2D eigenvalue weighted by molar-refractivity contribution is -0.164. The summed E-state index contributed by atoms with van der Waals surface area (Å²) in [5, 5.41) is 1.83. The summed E-state index contributed by atoms with van der Waals surface area (Å²) >= 11 is 0. The number of carbonyl (C=O) groups is 2. The highest BCUT2D eigenvalue weighted by Crippen LogP contribution is 2.41. The van der Waals surface area contributed by atoms with Gasteiger partial charge in [0, 0.05) is 0 Å². The highest BCUT2D eigenvalue weighted by molar-refractivity contribution is 6.99. The summed E-state index contributed by atoms with van der Waals surface area (Å²) in [6.45, 7) is 23.0. The molecule has 2 aromatic rings. The molecule has 1 heterocycles. The normalized spacial score (nSPS) is 19.1. The van der Waals surface area contributed by atoms with Crippen molar-refractivity contribution in [3.63, 3.8) is 0 Å². The number of hydrogen-bond donors (Lipinski definition) is 0. The lowest BCUT2D eigenvalue weighted by Gasteiger charge is -2.52. The van der Waals surface area contributed by atoms with Gasteiger partial charge < -0.3 is 13.6 Å². The number of nitrogens with zero attached hydrogens (tertiary/aromatic N) is 1. The number of benzene rings is 2. The molecule has 0 radical (unpaired) electrons. The Labute approximate surface area is 237 Å². The van der Waals surface area contributed by atoms with E-state index in [1.165, 1.54) is 4.90 Å². The van der Waals surface area contributed by atoms with Gasteiger partial charge in [0.2, 0.25) is 0 Å². The van der Waals surface area contributed by atoms with E-state index >= 15 is 0 Å². The average Bonchev–Trinajstić information content (AvgIpc) is 2.80. The minimum absolute atomic E-state index is 0.0220. The number of imide groups is 1. The van der Waals surface area contributed by atoms with Gasteiger partial charge in [-0.25, -0.2) is 9.69 Å². The minimum Gasteiger partial charge on any atom is -0.443 e. The van der Waals surface area contributed by atoms with Crippen LogP contribution in [-0.2, 0) is 18.4 Å². The molecule has 1 aliphatic heterocycles. The first-order chi connectivity index (χ1) is 17.8. The van der Waals surface area contributed by atoms with Crippen LogP contribution in [0.5, 0.6) is 0 Å². The van der Waals surface area contributed by atoms with E-state index < -0.39 is 40.5 Å². The zero-order valence-electron chi connectivity index (χ0n) is 25.6. The minimum atomic E-state index is -3.03. The molecule has 0 aliphatic carbocycles. The predicted molar refractivity (Wildman–Crippen MR) is 163 cm³/mol. The number of β-lactam (4-membered cyclic amide) rings is 1. The molecule has 1 aliphatic rings. The Morgan fingerprint density at radius 1 is 0.795 bits per heavy atom. The van der Waals surface area contributed by atoms with Gasteiger partial charge in [0.15, 0.2) is 8.32 Å². The summed E-state index contributed by atoms with van der Waals surface area (Å²) in [4.78, 5) is 28.2. The van der Waals surface area contributed by atoms with Crippen LogP contribution in [0.25, 0.3) is 0 Å². The van der Waals surface area contributed by atoms with Crippen LogP contribution in [0.2, 0.25) is 23.2 Å². The molecule has 0 bridgehead atoms. The highest BCUT2D eigenvalue weighted by Gasteiger charge is 2.60. The zero-order chi connectivity index (χ0) is 29.4. The number of carbonyl (C=O) groups excluding carboxylic acids is 2. The van der Waals surface area contributed by atoms with E-state index in [1.807, 2.05) is 36.4 Å². The van der Waals surface area contributed by atoms with Gasteiger partial charge in [0.05, 0.1) is 12.6 Å². The molecule has 2 amide bonds. The quantitative estimate of drug-likeness (QED) is 0.298. The van der Waals surface area contributed by atoms with E-state index in [9.17, 15) is 9.59 Å². The van der Waals surface area contributed by atoms with Crippen LogP contribution in [0.1, 0.15) is 62.3 Å². The Bertz CT molecular complexity index is 1110. The van der Waals surface area contributed by atoms with E-state index in [0.29, 0.717) is 0 Å². The Morgan fingerprint density at radius 2 is 1.26 bits per heavy atom. The highest BCUT2D eigenvalue weighted by atomic mass is 28.4. The van der Waals surface area contributed by atoms with Gasteiger partial charge >= 0.3 is 6.09 Å². The summed E-state index contributed by atoms with van der Waals surface area (Å²) in [7, 11) is -5.20. The van der Waals surface area contributed by atoms with Gasteiger partial charge in [0.25, 0.3) is 14.2 Å². The number of amides is 2. The third kappa shape index (κ3) is 6.40. The van der Waals surface area contributed by atoms with Gasteiger partial charge in [-0.2, -0.15) is 0 Å². The molecule has 2 atom stereocenters. The van der Waals surface area contributed by atoms with E-state index in [4.69, 9.17) is 13.6 Å². The average molecular weight is 570 g/mol. The van der Waals surface area contributed by atoms with Crippen molar-refractivity contribution in [2.24, 2.45) is 0 Å². The topological polar surface area (TPSA) is 65.1 Å². The molecular weight excluding hydrogens is 523 g/mol. The maximum absolute atomic E-state index is 13.8. The van der Waals surface area contributed by atoms with Crippen LogP contribution in [-0.4, -0.2) is 57.9 Å². The molecular formula is C31H47NO5Si2. The van der Waals surface area contributed by atoms with Crippen LogP contribution in [0, 0.1) is 0 Å². The molecule has 39 heavy (non-hydrogen) atoms. The van der Waals surface area contributed by atoms with Crippen molar-refractivity contribution in [3.8, 4) is 0 Å². The molecule has 0 N–H and O–H groups in total. The largest absolute Gasteiger partial charge is 0.443 e. The summed E-state index contributed by atoms with van der Waals surface area (Å²) < 4.78 is 19.4. The van der Waals surface area contributed by atoms with Gasteiger partial charge in [-0.3, -0.25) is 4.79 Å². The molecule has 3 rings (SSSR count). The molecule has 1 saturated heterocycles. The second-order valence-electron chi connectivity index (χ2n) is 14.0. The van der Waals surface area contributed by atoms with Gasteiger partial charge in [0.1, 0.15) is 11.7 Å². The maximum atomic E-state index is 13.8. The summed E-state index contributed by atoms with van der Waals surface area (Å²) in [6.07, 6.45) is -1.48. The summed E-state index contributed by atoms with van der Waals surface area (Å²) in [6, 6.07) is 19.9. The van der Waals surface area contributed by atoms with Crippen LogP contribution < -0.4 is 10.4 Å². The number of ether oxygens (including phenoxy) is 1. The lowest BCUT2D eigenvalue weighted by Crippen LogP contribution is -2.76. The van der Waals surface area contributed by atoms with Crippen molar-refractivity contribution < 1.29 is 23.2 Å². The molecule has 1 fully saturated rings. The molecule has 0 spiro atoms. The van der Waals surface area contributed by atoms with Gasteiger partial charge in [-0.05, 0) is 54.3 Å². The van der Waals surface area contributed by atoms with E-state index in [-0.39, 0.29) is 22.6 Å². The number of rotatable bonds is 7. The molecule has 0 aromatic heterocycles. The Kier molecular flexibility index (Phi) is 8.78. The van der Waals surface area contributed by atoms with Gasteiger partial charge in [-0.15, -0.1) is 0 Å². The Morgan fingerprint density at radius 3 is 1.64 bits per heavy atom. The molecule has 0 unspecified atom stereocenters. The number of hydrogen-bond acceptors (Lipinski definition) is 5. The van der Waals surface area contributed by atoms with Crippen LogP contribution >= 0.6 is 0 Å². The smallest absolute Gasteiger partial charge is 0.417 e. The number of likely N-dealkylation sites (tertiary alicyclic amines) is 1. The molecule has 2 aromatic carbocycles. The monoisotopic (exact) mass is 569 g/mol. The first-order valence-corrected chi connectivity index (χ1v) is 18.6. The second-order valence-corrected chi connectivity index (χ2v) is 23.1. The van der Waals surface area contributed by atoms with Crippen LogP contribution in [0.3, 0.4) is 0 Å². The van der Waals surface area contributed by atoms with Crippen molar-refractivity contribution in [3.05, 3.63) is 60.7 Å². The van der Waals surface area contributed by atoms with Crippen molar-refractivity contribution in [2.75, 3.05) is 6.61 Å². The Hall–Kier alpha value is -2.27. The van der Waals surface area contributed by atoms with Crippen molar-refractivity contribution in [1.82, 2.24) is 4.90 Å². The van der Waals surface area contributed by atoms with Crippen LogP contribution in [0.15, 0.2) is 60.7 Å². The van der Waals surface area contributed by atoms with E-state index in [0.717, 1.165) is 10.4 Å². The predicted octanol–water partition coefficient (Wildman–Crippen LogP) is 6.10. The second kappa shape index (κ2) is 11.0. The van der Waals surface area contributed by atoms with E-state index in [1.54, 1.807) is 20.8 Å². The Balaban J connectivity index is 2.09. The maximum Gasteiger partial charge on any atom is 0.417 e. The third-order valence-corrected chi connectivity index (χ3v) is 17.4. The summed E-state index contributed by atoms with van der Waals surface area (Å²) in [5.74, 6) is -0.374. The molecule has 214 valence electrons. The standard InChI is InChI=1S/C31H47NO5Si2/c1-29(2,3)36-28(34)32-25(22-35-38(10,11)30(4,5)6)26(27(32)33)37-39(31(7,8)9,23-18-14-12-15-19-23)24-20-16-13-17-21-24/h12-21,25-26H,22H2,1-11H3/t25-,26-/m1/s1. The van der Waals surface area contributed by atoms with Crippen molar-refractivity contribution in [2.45, 2.75) is 103 Å². The van der Waals surface area contributed by atoms with Crippen molar-refractivity contribution >= 4 is 39.0 Å². The fraction of sp³-hybridized carbons (Fsp3) is 0.548. The lowest BCUT2D eigenvalue weighted by atomic mass is 10.00. The molecule has 6 nitrogen and oxygen atoms in total. The molecule has 8 heteroatoms. The zero-order valence-corrected chi connectivity index (χ0v) is 27.6. The SMILES string of the molecule is CC(C)(C)OC(=O)N1C(=O)[C@H](O[Si](c2ccccc2)(c2ccccc2)C(C)(C)C)[C@H]1CO[Si](C)(C)C(C)(C)C. The van der Waals surface area contributed by atoms with Crippen LogP contribution in [0.4, 0.5) is 4.79 Å². The fourth-order valence-corrected chi connectivity index (χ4v) is 10.4. The van der Waals surface area contributed by atoms with Gasteiger partial charge in [-0.1, -0.05) is 102 Å². The first-order valence-electron chi connectivity index (χ1n) is 13.8. The first kappa shape index (κ1) is 31.3.